The number of thiophene rings is 1. The molecule has 1 aromatic heterocycles. The van der Waals surface area contributed by atoms with Crippen molar-refractivity contribution in [3.05, 3.63) is 45.0 Å². The van der Waals surface area contributed by atoms with Crippen LogP contribution in [0.5, 0.6) is 0 Å². The molecule has 1 heterocycles. The molecule has 4 nitrogen and oxygen atoms in total. The van der Waals surface area contributed by atoms with Gasteiger partial charge in [0.2, 0.25) is 0 Å². The van der Waals surface area contributed by atoms with Crippen LogP contribution in [0.2, 0.25) is 5.02 Å². The van der Waals surface area contributed by atoms with Crippen LogP contribution in [0, 0.1) is 12.7 Å². The molecule has 0 fully saturated rings. The summed E-state index contributed by atoms with van der Waals surface area (Å²) in [6, 6.07) is 4.20. The number of thiocarbonyl (C=S) groups is 1. The van der Waals surface area contributed by atoms with Crippen LogP contribution in [0.25, 0.3) is 0 Å². The number of halogens is 2. The van der Waals surface area contributed by atoms with Crippen LogP contribution in [0.3, 0.4) is 0 Å². The molecule has 2 N–H and O–H groups in total. The zero-order valence-electron chi connectivity index (χ0n) is 13.3. The lowest BCUT2D eigenvalue weighted by atomic mass is 10.1. The number of anilines is 2. The van der Waals surface area contributed by atoms with Crippen LogP contribution >= 0.6 is 35.2 Å². The van der Waals surface area contributed by atoms with Crippen molar-refractivity contribution in [1.29, 1.82) is 0 Å². The van der Waals surface area contributed by atoms with Crippen LogP contribution in [-0.4, -0.2) is 18.2 Å². The van der Waals surface area contributed by atoms with Crippen molar-refractivity contribution in [1.82, 2.24) is 0 Å². The van der Waals surface area contributed by atoms with Gasteiger partial charge in [-0.15, -0.1) is 11.3 Å². The first-order chi connectivity index (χ1) is 11.4. The van der Waals surface area contributed by atoms with Gasteiger partial charge < -0.3 is 15.4 Å². The first-order valence-corrected chi connectivity index (χ1v) is 8.71. The Morgan fingerprint density at radius 2 is 2.12 bits per heavy atom. The summed E-state index contributed by atoms with van der Waals surface area (Å²) >= 11 is 12.4. The van der Waals surface area contributed by atoms with Crippen molar-refractivity contribution in [3.63, 3.8) is 0 Å². The molecule has 0 atom stereocenters. The Balaban J connectivity index is 2.22. The van der Waals surface area contributed by atoms with E-state index in [1.54, 1.807) is 0 Å². The fourth-order valence-electron chi connectivity index (χ4n) is 2.25. The van der Waals surface area contributed by atoms with Crippen LogP contribution in [0.15, 0.2) is 18.2 Å². The second-order valence-electron chi connectivity index (χ2n) is 4.89. The molecular formula is C16H16ClFN2O2S2. The van der Waals surface area contributed by atoms with E-state index in [1.807, 2.05) is 13.8 Å². The lowest BCUT2D eigenvalue weighted by Gasteiger charge is -2.11. The van der Waals surface area contributed by atoms with Crippen LogP contribution in [0.1, 0.15) is 27.7 Å². The fraction of sp³-hybridized carbons (Fsp3) is 0.250. The Morgan fingerprint density at radius 1 is 1.42 bits per heavy atom. The SMILES string of the molecule is CCc1c(C)sc(NC(=S)Nc2ccc(F)c(Cl)c2)c1C(=O)OC. The number of carbonyl (C=O) groups is 1. The number of hydrogen-bond acceptors (Lipinski definition) is 4. The first kappa shape index (κ1) is 18.6. The van der Waals surface area contributed by atoms with Crippen molar-refractivity contribution >= 4 is 56.9 Å². The molecule has 2 rings (SSSR count). The average molecular weight is 387 g/mol. The smallest absolute Gasteiger partial charge is 0.341 e. The van der Waals surface area contributed by atoms with E-state index in [2.05, 4.69) is 10.6 Å². The minimum Gasteiger partial charge on any atom is -0.465 e. The van der Waals surface area contributed by atoms with Crippen LogP contribution in [0.4, 0.5) is 15.1 Å². The standard InChI is InChI=1S/C16H16ClFN2O2S2/c1-4-10-8(2)24-14(13(10)15(21)22-3)20-16(23)19-9-5-6-12(18)11(17)7-9/h5-7H,4H2,1-3H3,(H2,19,20,23). The molecule has 0 saturated carbocycles. The molecule has 0 spiro atoms. The second-order valence-corrected chi connectivity index (χ2v) is 6.93. The second kappa shape index (κ2) is 7.92. The summed E-state index contributed by atoms with van der Waals surface area (Å²) in [6.07, 6.45) is 0.711. The molecule has 128 valence electrons. The number of benzene rings is 1. The number of ether oxygens (including phenoxy) is 1. The van der Waals surface area contributed by atoms with Gasteiger partial charge in [-0.25, -0.2) is 9.18 Å². The summed E-state index contributed by atoms with van der Waals surface area (Å²) in [7, 11) is 1.34. The summed E-state index contributed by atoms with van der Waals surface area (Å²) in [4.78, 5) is 13.1. The van der Waals surface area contributed by atoms with E-state index in [0.717, 1.165) is 10.4 Å². The molecule has 0 aliphatic carbocycles. The monoisotopic (exact) mass is 386 g/mol. The summed E-state index contributed by atoms with van der Waals surface area (Å²) in [5, 5.41) is 6.80. The highest BCUT2D eigenvalue weighted by molar-refractivity contribution is 7.80. The maximum absolute atomic E-state index is 13.2. The Hall–Kier alpha value is -1.70. The van der Waals surface area contributed by atoms with Crippen molar-refractivity contribution in [2.75, 3.05) is 17.7 Å². The molecule has 2 aromatic rings. The maximum Gasteiger partial charge on any atom is 0.341 e. The zero-order chi connectivity index (χ0) is 17.9. The third kappa shape index (κ3) is 4.03. The molecular weight excluding hydrogens is 371 g/mol. The lowest BCUT2D eigenvalue weighted by molar-refractivity contribution is 0.0601. The first-order valence-electron chi connectivity index (χ1n) is 7.11. The zero-order valence-corrected chi connectivity index (χ0v) is 15.7. The summed E-state index contributed by atoms with van der Waals surface area (Å²) < 4.78 is 18.1. The topological polar surface area (TPSA) is 50.4 Å². The van der Waals surface area contributed by atoms with Gasteiger partial charge in [0.05, 0.1) is 17.7 Å². The summed E-state index contributed by atoms with van der Waals surface area (Å²) in [5.74, 6) is -0.915. The number of aryl methyl sites for hydroxylation is 1. The van der Waals surface area contributed by atoms with Crippen molar-refractivity contribution in [3.8, 4) is 0 Å². The van der Waals surface area contributed by atoms with Gasteiger partial charge in [-0.2, -0.15) is 0 Å². The Labute approximate surface area is 154 Å². The molecule has 0 unspecified atom stereocenters. The number of nitrogens with one attached hydrogen (secondary N) is 2. The molecule has 24 heavy (non-hydrogen) atoms. The largest absolute Gasteiger partial charge is 0.465 e. The van der Waals surface area contributed by atoms with E-state index < -0.39 is 11.8 Å². The number of carbonyl (C=O) groups excluding carboxylic acids is 1. The highest BCUT2D eigenvalue weighted by atomic mass is 35.5. The maximum atomic E-state index is 13.2. The summed E-state index contributed by atoms with van der Waals surface area (Å²) in [5.41, 5.74) is 1.97. The predicted octanol–water partition coefficient (Wildman–Crippen LogP) is 5.01. The molecule has 1 aromatic carbocycles. The van der Waals surface area contributed by atoms with Gasteiger partial charge in [-0.1, -0.05) is 18.5 Å². The number of methoxy groups -OCH3 is 1. The molecule has 0 radical (unpaired) electrons. The van der Waals surface area contributed by atoms with Crippen molar-refractivity contribution in [2.45, 2.75) is 20.3 Å². The van der Waals surface area contributed by atoms with E-state index in [0.29, 0.717) is 22.7 Å². The molecule has 0 amide bonds. The van der Waals surface area contributed by atoms with Gasteiger partial charge in [0.15, 0.2) is 5.11 Å². The van der Waals surface area contributed by atoms with E-state index in [9.17, 15) is 9.18 Å². The van der Waals surface area contributed by atoms with Gasteiger partial charge in [0.25, 0.3) is 0 Å². The van der Waals surface area contributed by atoms with E-state index in [1.165, 1.54) is 36.6 Å². The highest BCUT2D eigenvalue weighted by Gasteiger charge is 2.22. The Kier molecular flexibility index (Phi) is 6.15. The highest BCUT2D eigenvalue weighted by Crippen LogP contribution is 2.34. The number of rotatable bonds is 4. The van der Waals surface area contributed by atoms with E-state index in [-0.39, 0.29) is 10.1 Å². The van der Waals surface area contributed by atoms with Gasteiger partial charge in [0.1, 0.15) is 10.8 Å². The fourth-order valence-corrected chi connectivity index (χ4v) is 3.85. The normalized spacial score (nSPS) is 10.4. The summed E-state index contributed by atoms with van der Waals surface area (Å²) in [6.45, 7) is 3.92. The van der Waals surface area contributed by atoms with Gasteiger partial charge in [0, 0.05) is 10.6 Å². The van der Waals surface area contributed by atoms with E-state index in [4.69, 9.17) is 28.6 Å². The van der Waals surface area contributed by atoms with Crippen molar-refractivity contribution < 1.29 is 13.9 Å². The average Bonchev–Trinajstić information content (AvgIpc) is 2.85. The third-order valence-electron chi connectivity index (χ3n) is 3.36. The molecule has 0 aliphatic heterocycles. The number of hydrogen-bond donors (Lipinski definition) is 2. The Morgan fingerprint density at radius 3 is 2.71 bits per heavy atom. The third-order valence-corrected chi connectivity index (χ3v) is 4.91. The van der Waals surface area contributed by atoms with Gasteiger partial charge in [-0.3, -0.25) is 0 Å². The molecule has 0 aliphatic rings. The lowest BCUT2D eigenvalue weighted by Crippen LogP contribution is -2.20. The minimum atomic E-state index is -0.504. The predicted molar refractivity (Wildman–Crippen MR) is 101 cm³/mol. The van der Waals surface area contributed by atoms with Crippen LogP contribution in [-0.2, 0) is 11.2 Å². The van der Waals surface area contributed by atoms with Gasteiger partial charge in [-0.05, 0) is 49.3 Å². The Bertz CT molecular complexity index is 793. The number of esters is 1. The minimum absolute atomic E-state index is 0.00159. The molecule has 0 bridgehead atoms. The van der Waals surface area contributed by atoms with Gasteiger partial charge >= 0.3 is 5.97 Å². The van der Waals surface area contributed by atoms with Crippen molar-refractivity contribution in [2.24, 2.45) is 0 Å². The molecule has 0 saturated heterocycles. The molecule has 8 heteroatoms. The van der Waals surface area contributed by atoms with E-state index >= 15 is 0 Å². The van der Waals surface area contributed by atoms with Crippen LogP contribution < -0.4 is 10.6 Å². The quantitative estimate of drug-likeness (QED) is 0.571.